The summed E-state index contributed by atoms with van der Waals surface area (Å²) in [4.78, 5) is 2.09. The number of hydrogen-bond acceptors (Lipinski definition) is 4. The number of nitrogens with zero attached hydrogens (tertiary/aromatic N) is 1. The summed E-state index contributed by atoms with van der Waals surface area (Å²) < 4.78 is 50.6. The van der Waals surface area contributed by atoms with Crippen LogP contribution in [-0.2, 0) is 12.6 Å². The zero-order valence-electron chi connectivity index (χ0n) is 16.3. The molecule has 8 heteroatoms. The molecule has 1 atom stereocenters. The van der Waals surface area contributed by atoms with Gasteiger partial charge in [-0.05, 0) is 35.9 Å². The number of para-hydroxylation sites is 1. The molecule has 1 spiro atoms. The Balaban J connectivity index is 1.27. The van der Waals surface area contributed by atoms with Crippen molar-refractivity contribution in [1.29, 1.82) is 0 Å². The van der Waals surface area contributed by atoms with Crippen LogP contribution in [0.4, 0.5) is 13.2 Å². The summed E-state index contributed by atoms with van der Waals surface area (Å²) in [6.45, 7) is 1.61. The number of aliphatic hydroxyl groups is 1. The number of β-amino-alcohol motifs (C(OH)–C–C–N with tert-alkyl or cyclic N) is 1. The van der Waals surface area contributed by atoms with Crippen molar-refractivity contribution in [3.63, 3.8) is 0 Å². The molecule has 2 aromatic rings. The van der Waals surface area contributed by atoms with Gasteiger partial charge in [-0.25, -0.2) is 0 Å². The van der Waals surface area contributed by atoms with Crippen LogP contribution in [0.1, 0.15) is 24.0 Å². The number of likely N-dealkylation sites (tertiary alicyclic amines) is 1. The number of alkyl halides is 3. The molecule has 2 aliphatic heterocycles. The van der Waals surface area contributed by atoms with Crippen LogP contribution < -0.4 is 9.47 Å². The lowest BCUT2D eigenvalue weighted by Gasteiger charge is -2.39. The minimum absolute atomic E-state index is 0.199. The Hall–Kier alpha value is -1.96. The quantitative estimate of drug-likeness (QED) is 0.738. The number of hydrogen-bond donors (Lipinski definition) is 1. The van der Waals surface area contributed by atoms with Gasteiger partial charge in [-0.3, -0.25) is 0 Å². The van der Waals surface area contributed by atoms with Gasteiger partial charge in [-0.2, -0.15) is 13.2 Å². The van der Waals surface area contributed by atoms with Gasteiger partial charge in [0.25, 0.3) is 0 Å². The Morgan fingerprint density at radius 2 is 1.90 bits per heavy atom. The fraction of sp³-hybridized carbons (Fsp3) is 0.455. The second kappa shape index (κ2) is 8.29. The van der Waals surface area contributed by atoms with Gasteiger partial charge in [0.2, 0.25) is 0 Å². The molecule has 1 saturated heterocycles. The molecule has 2 aromatic carbocycles. The van der Waals surface area contributed by atoms with E-state index in [2.05, 4.69) is 4.90 Å². The number of ether oxygens (including phenoxy) is 2. The minimum Gasteiger partial charge on any atom is -0.490 e. The van der Waals surface area contributed by atoms with Crippen LogP contribution in [0.2, 0.25) is 5.02 Å². The summed E-state index contributed by atoms with van der Waals surface area (Å²) in [5.74, 6) is 0.613. The Morgan fingerprint density at radius 3 is 2.63 bits per heavy atom. The van der Waals surface area contributed by atoms with Crippen molar-refractivity contribution in [2.75, 3.05) is 26.2 Å². The third-order valence-electron chi connectivity index (χ3n) is 5.72. The smallest absolute Gasteiger partial charge is 0.419 e. The molecule has 30 heavy (non-hydrogen) atoms. The molecule has 0 aromatic heterocycles. The van der Waals surface area contributed by atoms with Gasteiger partial charge in [-0.15, -0.1) is 0 Å². The number of halogens is 4. The highest BCUT2D eigenvalue weighted by Crippen LogP contribution is 2.42. The maximum absolute atomic E-state index is 13.0. The van der Waals surface area contributed by atoms with Crippen molar-refractivity contribution in [3.05, 3.63) is 58.6 Å². The highest BCUT2D eigenvalue weighted by atomic mass is 35.5. The Kier molecular flexibility index (Phi) is 5.88. The first-order valence-electron chi connectivity index (χ1n) is 9.91. The number of fused-ring (bicyclic) bond motifs is 1. The zero-order valence-corrected chi connectivity index (χ0v) is 17.0. The van der Waals surface area contributed by atoms with Crippen LogP contribution in [0.15, 0.2) is 42.5 Å². The minimum atomic E-state index is -4.49. The van der Waals surface area contributed by atoms with E-state index < -0.39 is 17.8 Å². The molecule has 1 N–H and O–H groups in total. The fourth-order valence-corrected chi connectivity index (χ4v) is 4.38. The Bertz CT molecular complexity index is 897. The predicted octanol–water partition coefficient (Wildman–Crippen LogP) is 4.57. The normalized spacial score (nSPS) is 19.4. The Labute approximate surface area is 178 Å². The number of piperidine rings is 1. The highest BCUT2D eigenvalue weighted by molar-refractivity contribution is 6.30. The third-order valence-corrected chi connectivity index (χ3v) is 5.96. The molecular formula is C22H23ClF3NO3. The molecule has 0 amide bonds. The number of aliphatic hydroxyl groups excluding tert-OH is 1. The average molecular weight is 442 g/mol. The summed E-state index contributed by atoms with van der Waals surface area (Å²) in [6.07, 6.45) is -2.95. The van der Waals surface area contributed by atoms with Crippen LogP contribution >= 0.6 is 11.6 Å². The number of benzene rings is 2. The van der Waals surface area contributed by atoms with Gasteiger partial charge in [0.05, 0.1) is 5.56 Å². The van der Waals surface area contributed by atoms with Crippen molar-refractivity contribution in [1.82, 2.24) is 4.90 Å². The van der Waals surface area contributed by atoms with E-state index >= 15 is 0 Å². The molecule has 0 radical (unpaired) electrons. The molecule has 162 valence electrons. The highest BCUT2D eigenvalue weighted by Gasteiger charge is 2.42. The van der Waals surface area contributed by atoms with Gasteiger partial charge < -0.3 is 19.5 Å². The lowest BCUT2D eigenvalue weighted by Crippen LogP contribution is -2.49. The first kappa shape index (κ1) is 21.3. The van der Waals surface area contributed by atoms with E-state index in [1.807, 2.05) is 18.2 Å². The van der Waals surface area contributed by atoms with Gasteiger partial charge in [0.15, 0.2) is 0 Å². The van der Waals surface area contributed by atoms with Gasteiger partial charge >= 0.3 is 6.18 Å². The van der Waals surface area contributed by atoms with Crippen LogP contribution in [0.25, 0.3) is 0 Å². The molecular weight excluding hydrogens is 419 g/mol. The molecule has 4 rings (SSSR count). The standard InChI is InChI=1S/C22H23ClF3NO3/c23-16-5-6-19-15(11-16)12-21(30-19)7-9-27(10-8-21)13-17(28)14-29-20-4-2-1-3-18(20)22(24,25)26/h1-6,11,17,28H,7-10,12-14H2/t17-/m0/s1. The molecule has 1 fully saturated rings. The zero-order chi connectivity index (χ0) is 21.4. The van der Waals surface area contributed by atoms with Crippen LogP contribution in [-0.4, -0.2) is 48.0 Å². The molecule has 0 saturated carbocycles. The van der Waals surface area contributed by atoms with Crippen LogP contribution in [0.5, 0.6) is 11.5 Å². The van der Waals surface area contributed by atoms with Crippen molar-refractivity contribution in [3.8, 4) is 11.5 Å². The molecule has 2 heterocycles. The molecule has 0 bridgehead atoms. The molecule has 0 aliphatic carbocycles. The second-order valence-corrected chi connectivity index (χ2v) is 8.41. The largest absolute Gasteiger partial charge is 0.490 e. The number of rotatable bonds is 5. The van der Waals surface area contributed by atoms with Crippen molar-refractivity contribution >= 4 is 11.6 Å². The van der Waals surface area contributed by atoms with E-state index in [9.17, 15) is 18.3 Å². The first-order valence-corrected chi connectivity index (χ1v) is 10.3. The van der Waals surface area contributed by atoms with E-state index in [0.29, 0.717) is 11.6 Å². The van der Waals surface area contributed by atoms with Crippen molar-refractivity contribution in [2.24, 2.45) is 0 Å². The van der Waals surface area contributed by atoms with Crippen molar-refractivity contribution in [2.45, 2.75) is 37.1 Å². The van der Waals surface area contributed by atoms with Crippen LogP contribution in [0.3, 0.4) is 0 Å². The monoisotopic (exact) mass is 441 g/mol. The van der Waals surface area contributed by atoms with Gasteiger partial charge in [0, 0.05) is 43.9 Å². The summed E-state index contributed by atoms with van der Waals surface area (Å²) in [5, 5.41) is 11.0. The summed E-state index contributed by atoms with van der Waals surface area (Å²) in [6, 6.07) is 10.7. The van der Waals surface area contributed by atoms with E-state index in [1.165, 1.54) is 18.2 Å². The molecule has 4 nitrogen and oxygen atoms in total. The van der Waals surface area contributed by atoms with Gasteiger partial charge in [-0.1, -0.05) is 23.7 Å². The lowest BCUT2D eigenvalue weighted by molar-refractivity contribution is -0.139. The van der Waals surface area contributed by atoms with E-state index in [1.54, 1.807) is 0 Å². The first-order chi connectivity index (χ1) is 14.2. The topological polar surface area (TPSA) is 41.9 Å². The average Bonchev–Trinajstić information content (AvgIpc) is 3.05. The molecule has 2 aliphatic rings. The van der Waals surface area contributed by atoms with Gasteiger partial charge in [0.1, 0.15) is 29.8 Å². The lowest BCUT2D eigenvalue weighted by atomic mass is 9.87. The SMILES string of the molecule is O[C@H](COc1ccccc1C(F)(F)F)CN1CCC2(CC1)Cc1cc(Cl)ccc1O2. The summed E-state index contributed by atoms with van der Waals surface area (Å²) in [5.41, 5.74) is 0.0410. The van der Waals surface area contributed by atoms with E-state index in [4.69, 9.17) is 21.1 Å². The maximum atomic E-state index is 13.0. The summed E-state index contributed by atoms with van der Waals surface area (Å²) in [7, 11) is 0. The van der Waals surface area contributed by atoms with E-state index in [-0.39, 0.29) is 18.0 Å². The molecule has 0 unspecified atom stereocenters. The van der Waals surface area contributed by atoms with Crippen molar-refractivity contribution < 1.29 is 27.8 Å². The maximum Gasteiger partial charge on any atom is 0.419 e. The Morgan fingerprint density at radius 1 is 1.17 bits per heavy atom. The summed E-state index contributed by atoms with van der Waals surface area (Å²) >= 11 is 6.07. The third kappa shape index (κ3) is 4.68. The fourth-order valence-electron chi connectivity index (χ4n) is 4.19. The predicted molar refractivity (Wildman–Crippen MR) is 107 cm³/mol. The van der Waals surface area contributed by atoms with Crippen LogP contribution in [0, 0.1) is 0 Å². The second-order valence-electron chi connectivity index (χ2n) is 7.97. The van der Waals surface area contributed by atoms with E-state index in [0.717, 1.165) is 49.7 Å².